The normalized spacial score (nSPS) is 17.0. The van der Waals surface area contributed by atoms with Gasteiger partial charge in [0.1, 0.15) is 5.65 Å². The van der Waals surface area contributed by atoms with Gasteiger partial charge in [0.05, 0.1) is 5.69 Å². The minimum absolute atomic E-state index is 0. The Labute approximate surface area is 167 Å². The minimum atomic E-state index is 0. The zero-order chi connectivity index (χ0) is 17.2. The van der Waals surface area contributed by atoms with Gasteiger partial charge in [0.2, 0.25) is 0 Å². The van der Waals surface area contributed by atoms with Crippen LogP contribution in [-0.4, -0.2) is 46.4 Å². The molecule has 1 fully saturated rings. The van der Waals surface area contributed by atoms with Gasteiger partial charge in [0.25, 0.3) is 0 Å². The lowest BCUT2D eigenvalue weighted by atomic mass is 9.93. The molecule has 0 unspecified atom stereocenters. The van der Waals surface area contributed by atoms with E-state index in [2.05, 4.69) is 66.8 Å². The lowest BCUT2D eigenvalue weighted by molar-refractivity contribution is 0.370. The highest BCUT2D eigenvalue weighted by atomic mass is 127. The minimum Gasteiger partial charge on any atom is -0.357 e. The Bertz CT molecular complexity index is 734. The first-order valence-corrected chi connectivity index (χ1v) is 8.95. The van der Waals surface area contributed by atoms with Crippen molar-refractivity contribution in [3.05, 3.63) is 35.8 Å². The van der Waals surface area contributed by atoms with E-state index in [1.54, 1.807) is 0 Å². The highest BCUT2D eigenvalue weighted by Gasteiger charge is 2.30. The molecular formula is C19H30IN5. The average Bonchev–Trinajstić information content (AvgIpc) is 3.10. The molecule has 138 valence electrons. The molecule has 1 saturated heterocycles. The molecule has 0 aromatic carbocycles. The van der Waals surface area contributed by atoms with E-state index in [9.17, 15) is 0 Å². The number of fused-ring (bicyclic) bond motifs is 1. The van der Waals surface area contributed by atoms with Gasteiger partial charge in [-0.05, 0) is 37.3 Å². The van der Waals surface area contributed by atoms with Gasteiger partial charge in [-0.25, -0.2) is 4.98 Å². The van der Waals surface area contributed by atoms with Gasteiger partial charge in [-0.15, -0.1) is 24.0 Å². The van der Waals surface area contributed by atoms with Crippen LogP contribution in [0.25, 0.3) is 5.65 Å². The zero-order valence-corrected chi connectivity index (χ0v) is 18.1. The first kappa shape index (κ1) is 20.0. The van der Waals surface area contributed by atoms with E-state index in [1.165, 1.54) is 12.0 Å². The number of nitrogens with one attached hydrogen (secondary N) is 1. The molecule has 3 heterocycles. The number of hydrogen-bond acceptors (Lipinski definition) is 2. The Morgan fingerprint density at radius 1 is 1.40 bits per heavy atom. The SMILES string of the molecule is CCNC(=NCCc1cn2cccc(C)c2n1)N1CCC(C)(C)C1.I. The summed E-state index contributed by atoms with van der Waals surface area (Å²) in [4.78, 5) is 12.0. The summed E-state index contributed by atoms with van der Waals surface area (Å²) in [6, 6.07) is 4.16. The number of likely N-dealkylation sites (tertiary alicyclic amines) is 1. The zero-order valence-electron chi connectivity index (χ0n) is 15.7. The summed E-state index contributed by atoms with van der Waals surface area (Å²) < 4.78 is 2.10. The van der Waals surface area contributed by atoms with E-state index in [0.717, 1.165) is 49.9 Å². The van der Waals surface area contributed by atoms with E-state index < -0.39 is 0 Å². The number of hydrogen-bond donors (Lipinski definition) is 1. The maximum atomic E-state index is 4.83. The number of imidazole rings is 1. The second-order valence-electron chi connectivity index (χ2n) is 7.48. The molecule has 3 rings (SSSR count). The van der Waals surface area contributed by atoms with Crippen LogP contribution in [0.2, 0.25) is 0 Å². The standard InChI is InChI=1S/C19H29N5.HI/c1-5-20-18(24-12-9-19(3,4)14-24)21-10-8-16-13-23-11-6-7-15(2)17(23)22-16;/h6-7,11,13H,5,8-10,12,14H2,1-4H3,(H,20,21);1H. The first-order chi connectivity index (χ1) is 11.5. The van der Waals surface area contributed by atoms with E-state index in [4.69, 9.17) is 9.98 Å². The van der Waals surface area contributed by atoms with Crippen LogP contribution in [0.5, 0.6) is 0 Å². The molecule has 5 nitrogen and oxygen atoms in total. The van der Waals surface area contributed by atoms with Crippen LogP contribution in [0.4, 0.5) is 0 Å². The van der Waals surface area contributed by atoms with Gasteiger partial charge < -0.3 is 14.6 Å². The van der Waals surface area contributed by atoms with Crippen LogP contribution >= 0.6 is 24.0 Å². The van der Waals surface area contributed by atoms with E-state index in [0.29, 0.717) is 5.41 Å². The Hall–Kier alpha value is -1.31. The molecule has 0 spiro atoms. The molecule has 0 amide bonds. The predicted molar refractivity (Wildman–Crippen MR) is 115 cm³/mol. The van der Waals surface area contributed by atoms with Crippen LogP contribution in [-0.2, 0) is 6.42 Å². The fourth-order valence-electron chi connectivity index (χ4n) is 3.32. The predicted octanol–water partition coefficient (Wildman–Crippen LogP) is 3.50. The molecule has 0 bridgehead atoms. The molecule has 0 aliphatic carbocycles. The van der Waals surface area contributed by atoms with E-state index in [-0.39, 0.29) is 24.0 Å². The Morgan fingerprint density at radius 2 is 2.20 bits per heavy atom. The second-order valence-corrected chi connectivity index (χ2v) is 7.48. The Kier molecular flexibility index (Phi) is 6.71. The van der Waals surface area contributed by atoms with Crippen molar-refractivity contribution in [3.8, 4) is 0 Å². The van der Waals surface area contributed by atoms with Gasteiger partial charge in [0.15, 0.2) is 5.96 Å². The maximum Gasteiger partial charge on any atom is 0.193 e. The van der Waals surface area contributed by atoms with E-state index >= 15 is 0 Å². The van der Waals surface area contributed by atoms with Crippen LogP contribution in [0.15, 0.2) is 29.5 Å². The molecule has 0 radical (unpaired) electrons. The lowest BCUT2D eigenvalue weighted by Gasteiger charge is -2.23. The molecule has 6 heteroatoms. The maximum absolute atomic E-state index is 4.83. The third-order valence-corrected chi connectivity index (χ3v) is 4.67. The summed E-state index contributed by atoms with van der Waals surface area (Å²) in [6.07, 6.45) is 6.26. The summed E-state index contributed by atoms with van der Waals surface area (Å²) in [5, 5.41) is 3.43. The second kappa shape index (κ2) is 8.38. The van der Waals surface area contributed by atoms with Gasteiger partial charge in [-0.1, -0.05) is 19.9 Å². The lowest BCUT2D eigenvalue weighted by Crippen LogP contribution is -2.40. The van der Waals surface area contributed by atoms with Crippen molar-refractivity contribution in [1.29, 1.82) is 0 Å². The molecule has 1 N–H and O–H groups in total. The summed E-state index contributed by atoms with van der Waals surface area (Å²) in [6.45, 7) is 12.7. The van der Waals surface area contributed by atoms with Crippen molar-refractivity contribution in [1.82, 2.24) is 19.6 Å². The fraction of sp³-hybridized carbons (Fsp3) is 0.579. The smallest absolute Gasteiger partial charge is 0.193 e. The topological polar surface area (TPSA) is 44.9 Å². The van der Waals surface area contributed by atoms with Gasteiger partial charge in [-0.3, -0.25) is 4.99 Å². The largest absolute Gasteiger partial charge is 0.357 e. The van der Waals surface area contributed by atoms with Crippen LogP contribution in [0.3, 0.4) is 0 Å². The third kappa shape index (κ3) is 4.86. The number of rotatable bonds is 4. The number of aliphatic imine (C=N–C) groups is 1. The summed E-state index contributed by atoms with van der Waals surface area (Å²) >= 11 is 0. The van der Waals surface area contributed by atoms with Crippen LogP contribution in [0, 0.1) is 12.3 Å². The van der Waals surface area contributed by atoms with Crippen molar-refractivity contribution in [2.24, 2.45) is 10.4 Å². The summed E-state index contributed by atoms with van der Waals surface area (Å²) in [7, 11) is 0. The fourth-order valence-corrected chi connectivity index (χ4v) is 3.32. The number of halogens is 1. The first-order valence-electron chi connectivity index (χ1n) is 8.95. The molecule has 2 aromatic heterocycles. The quantitative estimate of drug-likeness (QED) is 0.436. The molecule has 1 aliphatic rings. The van der Waals surface area contributed by atoms with Crippen molar-refractivity contribution in [2.75, 3.05) is 26.2 Å². The molecule has 0 atom stereocenters. The van der Waals surface area contributed by atoms with Crippen molar-refractivity contribution in [2.45, 2.75) is 40.5 Å². The molecule has 0 saturated carbocycles. The van der Waals surface area contributed by atoms with Crippen LogP contribution < -0.4 is 5.32 Å². The third-order valence-electron chi connectivity index (χ3n) is 4.67. The van der Waals surface area contributed by atoms with Gasteiger partial charge in [0, 0.05) is 45.0 Å². The Balaban J connectivity index is 0.00000225. The van der Waals surface area contributed by atoms with E-state index in [1.807, 2.05) is 0 Å². The number of aryl methyl sites for hydroxylation is 1. The average molecular weight is 455 g/mol. The van der Waals surface area contributed by atoms with Crippen molar-refractivity contribution in [3.63, 3.8) is 0 Å². The number of nitrogens with zero attached hydrogens (tertiary/aromatic N) is 4. The summed E-state index contributed by atoms with van der Waals surface area (Å²) in [5.41, 5.74) is 3.74. The molecule has 1 aliphatic heterocycles. The number of guanidine groups is 1. The highest BCUT2D eigenvalue weighted by molar-refractivity contribution is 14.0. The van der Waals surface area contributed by atoms with Crippen molar-refractivity contribution >= 4 is 35.6 Å². The van der Waals surface area contributed by atoms with Gasteiger partial charge >= 0.3 is 0 Å². The molecule has 25 heavy (non-hydrogen) atoms. The summed E-state index contributed by atoms with van der Waals surface area (Å²) in [5.74, 6) is 1.04. The number of aromatic nitrogens is 2. The van der Waals surface area contributed by atoms with Crippen LogP contribution in [0.1, 0.15) is 38.4 Å². The van der Waals surface area contributed by atoms with Crippen molar-refractivity contribution < 1.29 is 0 Å². The molecule has 2 aromatic rings. The monoisotopic (exact) mass is 455 g/mol. The number of pyridine rings is 1. The molecular weight excluding hydrogens is 425 g/mol. The Morgan fingerprint density at radius 3 is 2.84 bits per heavy atom. The highest BCUT2D eigenvalue weighted by Crippen LogP contribution is 2.28. The van der Waals surface area contributed by atoms with Gasteiger partial charge in [-0.2, -0.15) is 0 Å².